The molecule has 21 heavy (non-hydrogen) atoms. The minimum atomic E-state index is -0.595. The van der Waals surface area contributed by atoms with Crippen LogP contribution in [-0.4, -0.2) is 28.9 Å². The van der Waals surface area contributed by atoms with E-state index in [2.05, 4.69) is 18.7 Å². The molecule has 0 aliphatic heterocycles. The second-order valence-corrected chi connectivity index (χ2v) is 7.48. The first-order valence-electron chi connectivity index (χ1n) is 8.62. The van der Waals surface area contributed by atoms with Gasteiger partial charge in [-0.3, -0.25) is 4.79 Å². The van der Waals surface area contributed by atoms with E-state index < -0.39 is 5.41 Å². The van der Waals surface area contributed by atoms with E-state index in [1.807, 2.05) is 0 Å². The molecule has 2 aliphatic carbocycles. The normalized spacial score (nSPS) is 18.6. The Morgan fingerprint density at radius 1 is 1.10 bits per heavy atom. The third kappa shape index (κ3) is 4.18. The number of carbonyl (C=O) groups is 1. The molecule has 4 heteroatoms. The zero-order chi connectivity index (χ0) is 15.5. The summed E-state index contributed by atoms with van der Waals surface area (Å²) in [5.41, 5.74) is 5.46. The monoisotopic (exact) mass is 310 g/mol. The van der Waals surface area contributed by atoms with Crippen LogP contribution in [0.4, 0.5) is 0 Å². The van der Waals surface area contributed by atoms with Gasteiger partial charge in [0.2, 0.25) is 5.91 Å². The molecule has 0 aromatic rings. The fraction of sp³-hybridized carbons (Fsp3) is 0.882. The Balaban J connectivity index is 2.16. The third-order valence-corrected chi connectivity index (χ3v) is 5.26. The largest absolute Gasteiger partial charge is 0.392 e. The van der Waals surface area contributed by atoms with E-state index in [0.29, 0.717) is 4.99 Å². The number of hydrogen-bond acceptors (Lipinski definition) is 2. The lowest BCUT2D eigenvalue weighted by molar-refractivity contribution is -0.139. The van der Waals surface area contributed by atoms with Crippen LogP contribution < -0.4 is 5.73 Å². The second kappa shape index (κ2) is 7.08. The van der Waals surface area contributed by atoms with E-state index >= 15 is 0 Å². The molecule has 0 unspecified atom stereocenters. The predicted molar refractivity (Wildman–Crippen MR) is 91.1 cm³/mol. The molecule has 1 amide bonds. The minimum Gasteiger partial charge on any atom is -0.392 e. The van der Waals surface area contributed by atoms with Crippen molar-refractivity contribution < 1.29 is 4.79 Å². The maximum atomic E-state index is 13.3. The van der Waals surface area contributed by atoms with Crippen LogP contribution in [0.3, 0.4) is 0 Å². The van der Waals surface area contributed by atoms with Gasteiger partial charge in [-0.25, -0.2) is 0 Å². The second-order valence-electron chi connectivity index (χ2n) is 7.04. The Morgan fingerprint density at radius 2 is 1.52 bits per heavy atom. The van der Waals surface area contributed by atoms with Gasteiger partial charge in [0.25, 0.3) is 0 Å². The number of rotatable bonds is 10. The lowest BCUT2D eigenvalue weighted by Crippen LogP contribution is -2.51. The molecule has 0 bridgehead atoms. The highest BCUT2D eigenvalue weighted by Crippen LogP contribution is 2.38. The van der Waals surface area contributed by atoms with Gasteiger partial charge in [-0.1, -0.05) is 38.9 Å². The van der Waals surface area contributed by atoms with Crippen molar-refractivity contribution in [1.29, 1.82) is 0 Å². The van der Waals surface area contributed by atoms with Crippen LogP contribution in [0.25, 0.3) is 0 Å². The van der Waals surface area contributed by atoms with Crippen LogP contribution in [0, 0.1) is 17.3 Å². The molecule has 0 radical (unpaired) electrons. The zero-order valence-electron chi connectivity index (χ0n) is 13.6. The summed E-state index contributed by atoms with van der Waals surface area (Å²) in [6.45, 7) is 6.07. The summed E-state index contributed by atoms with van der Waals surface area (Å²) in [5, 5.41) is 0. The van der Waals surface area contributed by atoms with Crippen LogP contribution in [0.2, 0.25) is 0 Å². The first kappa shape index (κ1) is 16.7. The Hall–Kier alpha value is -0.640. The first-order valence-corrected chi connectivity index (χ1v) is 9.03. The molecule has 0 aromatic heterocycles. The average molecular weight is 311 g/mol. The number of hydrogen-bond donors (Lipinski definition) is 1. The predicted octanol–water partition coefficient (Wildman–Crippen LogP) is 3.51. The van der Waals surface area contributed by atoms with Crippen molar-refractivity contribution in [2.24, 2.45) is 23.0 Å². The molecule has 0 atom stereocenters. The van der Waals surface area contributed by atoms with Crippen molar-refractivity contribution in [3.8, 4) is 0 Å². The van der Waals surface area contributed by atoms with Crippen molar-refractivity contribution in [2.75, 3.05) is 13.1 Å². The van der Waals surface area contributed by atoms with E-state index in [1.165, 1.54) is 25.7 Å². The summed E-state index contributed by atoms with van der Waals surface area (Å²) < 4.78 is 0. The van der Waals surface area contributed by atoms with Crippen molar-refractivity contribution >= 4 is 23.1 Å². The van der Waals surface area contributed by atoms with Crippen molar-refractivity contribution in [3.63, 3.8) is 0 Å². The Labute approximate surface area is 134 Å². The Bertz CT molecular complexity index is 368. The smallest absolute Gasteiger partial charge is 0.235 e. The molecule has 0 saturated heterocycles. The molecule has 120 valence electrons. The highest BCUT2D eigenvalue weighted by atomic mass is 32.1. The summed E-state index contributed by atoms with van der Waals surface area (Å²) in [5.74, 6) is 1.66. The number of carbonyl (C=O) groups excluding carboxylic acids is 1. The SMILES string of the molecule is CCCC(CCC)(C(=O)N(CC1CC1)CC1CC1)C(N)=S. The first-order chi connectivity index (χ1) is 10.0. The van der Waals surface area contributed by atoms with E-state index in [-0.39, 0.29) is 5.91 Å². The molecule has 3 nitrogen and oxygen atoms in total. The molecular formula is C17H30N2OS. The molecular weight excluding hydrogens is 280 g/mol. The Kier molecular flexibility index (Phi) is 5.64. The van der Waals surface area contributed by atoms with Crippen LogP contribution >= 0.6 is 12.2 Å². The van der Waals surface area contributed by atoms with Gasteiger partial charge in [-0.05, 0) is 50.4 Å². The minimum absolute atomic E-state index is 0.220. The van der Waals surface area contributed by atoms with Gasteiger partial charge < -0.3 is 10.6 Å². The number of nitrogens with two attached hydrogens (primary N) is 1. The fourth-order valence-electron chi connectivity index (χ4n) is 3.31. The van der Waals surface area contributed by atoms with Crippen LogP contribution in [-0.2, 0) is 4.79 Å². The van der Waals surface area contributed by atoms with Crippen molar-refractivity contribution in [2.45, 2.75) is 65.2 Å². The maximum absolute atomic E-state index is 13.3. The summed E-state index contributed by atoms with van der Waals surface area (Å²) in [7, 11) is 0. The van der Waals surface area contributed by atoms with Crippen molar-refractivity contribution in [1.82, 2.24) is 4.90 Å². The van der Waals surface area contributed by atoms with Crippen LogP contribution in [0.1, 0.15) is 65.2 Å². The molecule has 2 aliphatic rings. The highest BCUT2D eigenvalue weighted by molar-refractivity contribution is 7.80. The number of nitrogens with zero attached hydrogens (tertiary/aromatic N) is 1. The lowest BCUT2D eigenvalue weighted by Gasteiger charge is -2.37. The van der Waals surface area contributed by atoms with Crippen molar-refractivity contribution in [3.05, 3.63) is 0 Å². The summed E-state index contributed by atoms with van der Waals surface area (Å²) in [6.07, 6.45) is 8.58. The molecule has 2 saturated carbocycles. The van der Waals surface area contributed by atoms with Gasteiger partial charge in [0.05, 0.1) is 10.4 Å². The van der Waals surface area contributed by atoms with Gasteiger partial charge >= 0.3 is 0 Å². The van der Waals surface area contributed by atoms with Crippen LogP contribution in [0.5, 0.6) is 0 Å². The summed E-state index contributed by atoms with van der Waals surface area (Å²) in [4.78, 5) is 15.8. The molecule has 0 heterocycles. The van der Waals surface area contributed by atoms with E-state index in [0.717, 1.165) is 50.6 Å². The molecule has 0 aromatic carbocycles. The molecule has 0 spiro atoms. The van der Waals surface area contributed by atoms with Gasteiger partial charge in [0, 0.05) is 13.1 Å². The molecule has 2 N–H and O–H groups in total. The van der Waals surface area contributed by atoms with Crippen LogP contribution in [0.15, 0.2) is 0 Å². The summed E-state index contributed by atoms with van der Waals surface area (Å²) >= 11 is 5.34. The fourth-order valence-corrected chi connectivity index (χ4v) is 3.60. The number of thiocarbonyl (C=S) groups is 1. The van der Waals surface area contributed by atoms with Gasteiger partial charge in [0.15, 0.2) is 0 Å². The van der Waals surface area contributed by atoms with Gasteiger partial charge in [-0.15, -0.1) is 0 Å². The number of amides is 1. The quantitative estimate of drug-likeness (QED) is 0.628. The average Bonchev–Trinajstić information content (AvgIpc) is 3.31. The standard InChI is InChI=1S/C17H30N2OS/c1-3-9-17(10-4-2,15(18)21)16(20)19(11-13-5-6-13)12-14-7-8-14/h13-14H,3-12H2,1-2H3,(H2,18,21). The topological polar surface area (TPSA) is 46.3 Å². The molecule has 2 rings (SSSR count). The summed E-state index contributed by atoms with van der Waals surface area (Å²) in [6, 6.07) is 0. The highest BCUT2D eigenvalue weighted by Gasteiger charge is 2.44. The zero-order valence-corrected chi connectivity index (χ0v) is 14.4. The maximum Gasteiger partial charge on any atom is 0.235 e. The van der Waals surface area contributed by atoms with E-state index in [9.17, 15) is 4.79 Å². The van der Waals surface area contributed by atoms with E-state index in [4.69, 9.17) is 18.0 Å². The van der Waals surface area contributed by atoms with Gasteiger partial charge in [-0.2, -0.15) is 0 Å². The van der Waals surface area contributed by atoms with E-state index in [1.54, 1.807) is 0 Å². The van der Waals surface area contributed by atoms with Gasteiger partial charge in [0.1, 0.15) is 0 Å². The Morgan fingerprint density at radius 3 is 1.81 bits per heavy atom. The third-order valence-electron chi connectivity index (χ3n) is 4.87. The lowest BCUT2D eigenvalue weighted by atomic mass is 9.77. The molecule has 2 fully saturated rings.